The monoisotopic (exact) mass is 194 g/mol. The predicted octanol–water partition coefficient (Wildman–Crippen LogP) is 1.52. The van der Waals surface area contributed by atoms with Crippen molar-refractivity contribution in [2.45, 2.75) is 50.6 Å². The molecule has 2 heteroatoms. The van der Waals surface area contributed by atoms with Crippen LogP contribution in [0.25, 0.3) is 0 Å². The Morgan fingerprint density at radius 3 is 2.57 bits per heavy atom. The van der Waals surface area contributed by atoms with Crippen molar-refractivity contribution in [3.05, 3.63) is 0 Å². The molecule has 4 aliphatic rings. The first-order valence-electron chi connectivity index (χ1n) is 6.38. The average Bonchev–Trinajstić information content (AvgIpc) is 2.17. The Morgan fingerprint density at radius 1 is 1.14 bits per heavy atom. The van der Waals surface area contributed by atoms with Crippen LogP contribution in [0, 0.1) is 11.8 Å². The molecule has 0 spiro atoms. The Hall–Kier alpha value is -0.0800. The van der Waals surface area contributed by atoms with E-state index in [4.69, 9.17) is 0 Å². The lowest BCUT2D eigenvalue weighted by atomic mass is 9.74. The second kappa shape index (κ2) is 3.82. The van der Waals surface area contributed by atoms with Crippen LogP contribution in [-0.4, -0.2) is 25.2 Å². The molecule has 4 rings (SSSR count). The number of hydrogen-bond donors (Lipinski definition) is 2. The van der Waals surface area contributed by atoms with E-state index in [1.165, 1.54) is 51.6 Å². The van der Waals surface area contributed by atoms with E-state index in [1.54, 1.807) is 0 Å². The van der Waals surface area contributed by atoms with Crippen LogP contribution >= 0.6 is 0 Å². The molecule has 2 N–H and O–H groups in total. The summed E-state index contributed by atoms with van der Waals surface area (Å²) in [5.74, 6) is 1.93. The van der Waals surface area contributed by atoms with E-state index in [0.29, 0.717) is 0 Å². The van der Waals surface area contributed by atoms with Crippen molar-refractivity contribution in [3.8, 4) is 0 Å². The highest BCUT2D eigenvalue weighted by molar-refractivity contribution is 4.93. The van der Waals surface area contributed by atoms with Crippen LogP contribution in [0.15, 0.2) is 0 Å². The van der Waals surface area contributed by atoms with E-state index in [-0.39, 0.29) is 0 Å². The number of rotatable bonds is 3. The van der Waals surface area contributed by atoms with Gasteiger partial charge in [-0.05, 0) is 57.0 Å². The molecule has 2 aliphatic carbocycles. The maximum Gasteiger partial charge on any atom is 0.0108 e. The number of piperidine rings is 2. The Labute approximate surface area is 86.8 Å². The van der Waals surface area contributed by atoms with Crippen LogP contribution < -0.4 is 10.6 Å². The van der Waals surface area contributed by atoms with Gasteiger partial charge in [0.25, 0.3) is 0 Å². The number of nitrogens with one attached hydrogen (secondary N) is 2. The maximum atomic E-state index is 3.73. The van der Waals surface area contributed by atoms with Gasteiger partial charge in [0.1, 0.15) is 0 Å². The average molecular weight is 194 g/mol. The first-order valence-corrected chi connectivity index (χ1v) is 6.38. The predicted molar refractivity (Wildman–Crippen MR) is 58.3 cm³/mol. The lowest BCUT2D eigenvalue weighted by molar-refractivity contribution is 0.129. The molecule has 4 fully saturated rings. The molecule has 3 atom stereocenters. The molecule has 2 heterocycles. The summed E-state index contributed by atoms with van der Waals surface area (Å²) in [5.41, 5.74) is 0. The molecule has 0 amide bonds. The highest BCUT2D eigenvalue weighted by atomic mass is 15.0. The van der Waals surface area contributed by atoms with Gasteiger partial charge in [0.2, 0.25) is 0 Å². The van der Waals surface area contributed by atoms with Gasteiger partial charge >= 0.3 is 0 Å². The highest BCUT2D eigenvalue weighted by Crippen LogP contribution is 2.33. The molecule has 0 aromatic carbocycles. The molecular weight excluding hydrogens is 172 g/mol. The molecule has 0 radical (unpaired) electrons. The Morgan fingerprint density at radius 2 is 2.07 bits per heavy atom. The maximum absolute atomic E-state index is 3.73. The van der Waals surface area contributed by atoms with Gasteiger partial charge in [0.15, 0.2) is 0 Å². The summed E-state index contributed by atoms with van der Waals surface area (Å²) in [6.07, 6.45) is 8.70. The van der Waals surface area contributed by atoms with E-state index >= 15 is 0 Å². The third kappa shape index (κ3) is 1.70. The summed E-state index contributed by atoms with van der Waals surface area (Å²) in [4.78, 5) is 0. The lowest BCUT2D eigenvalue weighted by Crippen LogP contribution is -2.54. The van der Waals surface area contributed by atoms with E-state index in [0.717, 1.165) is 23.9 Å². The molecule has 2 aliphatic heterocycles. The SMILES string of the molecule is C1CC(NCC2CC3CCC2NC3)C1. The second-order valence-electron chi connectivity index (χ2n) is 5.49. The molecule has 2 saturated carbocycles. The molecule has 3 unspecified atom stereocenters. The fraction of sp³-hybridized carbons (Fsp3) is 1.00. The van der Waals surface area contributed by atoms with E-state index in [2.05, 4.69) is 10.6 Å². The number of fused-ring (bicyclic) bond motifs is 3. The summed E-state index contributed by atoms with van der Waals surface area (Å²) < 4.78 is 0. The van der Waals surface area contributed by atoms with Crippen molar-refractivity contribution < 1.29 is 0 Å². The van der Waals surface area contributed by atoms with Gasteiger partial charge in [-0.1, -0.05) is 6.42 Å². The topological polar surface area (TPSA) is 24.1 Å². The van der Waals surface area contributed by atoms with Crippen LogP contribution in [0.3, 0.4) is 0 Å². The highest BCUT2D eigenvalue weighted by Gasteiger charge is 2.35. The first-order chi connectivity index (χ1) is 6.92. The van der Waals surface area contributed by atoms with Gasteiger partial charge in [0, 0.05) is 12.1 Å². The fourth-order valence-electron chi connectivity index (χ4n) is 3.29. The molecule has 0 aromatic rings. The Bertz CT molecular complexity index is 192. The standard InChI is InChI=1S/C12H22N2/c1-2-11(3-1)13-8-10-6-9-4-5-12(10)14-7-9/h9-14H,1-8H2. The molecule has 80 valence electrons. The Kier molecular flexibility index (Phi) is 2.50. The minimum Gasteiger partial charge on any atom is -0.314 e. The summed E-state index contributed by atoms with van der Waals surface area (Å²) in [6, 6.07) is 1.71. The van der Waals surface area contributed by atoms with Crippen molar-refractivity contribution >= 4 is 0 Å². The van der Waals surface area contributed by atoms with Crippen LogP contribution in [-0.2, 0) is 0 Å². The third-order valence-electron chi connectivity index (χ3n) is 4.53. The summed E-state index contributed by atoms with van der Waals surface area (Å²) >= 11 is 0. The van der Waals surface area contributed by atoms with Crippen LogP contribution in [0.5, 0.6) is 0 Å². The summed E-state index contributed by atoms with van der Waals surface area (Å²) in [5, 5.41) is 7.42. The van der Waals surface area contributed by atoms with E-state index < -0.39 is 0 Å². The van der Waals surface area contributed by atoms with Crippen LogP contribution in [0.1, 0.15) is 38.5 Å². The van der Waals surface area contributed by atoms with Gasteiger partial charge in [-0.25, -0.2) is 0 Å². The molecule has 2 bridgehead atoms. The van der Waals surface area contributed by atoms with Crippen molar-refractivity contribution in [2.75, 3.05) is 13.1 Å². The van der Waals surface area contributed by atoms with Crippen LogP contribution in [0.4, 0.5) is 0 Å². The van der Waals surface area contributed by atoms with Crippen molar-refractivity contribution in [1.29, 1.82) is 0 Å². The lowest BCUT2D eigenvalue weighted by Gasteiger charge is -2.44. The summed E-state index contributed by atoms with van der Waals surface area (Å²) in [7, 11) is 0. The smallest absolute Gasteiger partial charge is 0.0108 e. The van der Waals surface area contributed by atoms with Gasteiger partial charge in [-0.2, -0.15) is 0 Å². The third-order valence-corrected chi connectivity index (χ3v) is 4.53. The van der Waals surface area contributed by atoms with Crippen molar-refractivity contribution in [1.82, 2.24) is 10.6 Å². The van der Waals surface area contributed by atoms with Crippen molar-refractivity contribution in [2.24, 2.45) is 11.8 Å². The number of hydrogen-bond acceptors (Lipinski definition) is 2. The normalized spacial score (nSPS) is 42.4. The fourth-order valence-corrected chi connectivity index (χ4v) is 3.29. The van der Waals surface area contributed by atoms with E-state index in [1.807, 2.05) is 0 Å². The van der Waals surface area contributed by atoms with Gasteiger partial charge in [0.05, 0.1) is 0 Å². The zero-order valence-electron chi connectivity index (χ0n) is 8.97. The van der Waals surface area contributed by atoms with E-state index in [9.17, 15) is 0 Å². The molecule has 2 nitrogen and oxygen atoms in total. The van der Waals surface area contributed by atoms with Gasteiger partial charge in [-0.15, -0.1) is 0 Å². The minimum atomic E-state index is 0.840. The zero-order chi connectivity index (χ0) is 9.38. The largest absolute Gasteiger partial charge is 0.314 e. The molecule has 2 saturated heterocycles. The zero-order valence-corrected chi connectivity index (χ0v) is 8.97. The quantitative estimate of drug-likeness (QED) is 0.712. The molecule has 0 aromatic heterocycles. The van der Waals surface area contributed by atoms with Crippen LogP contribution in [0.2, 0.25) is 0 Å². The first kappa shape index (κ1) is 9.17. The molecular formula is C12H22N2. The van der Waals surface area contributed by atoms with Crippen molar-refractivity contribution in [3.63, 3.8) is 0 Å². The second-order valence-corrected chi connectivity index (χ2v) is 5.49. The molecule has 14 heavy (non-hydrogen) atoms. The van der Waals surface area contributed by atoms with Gasteiger partial charge < -0.3 is 10.6 Å². The summed E-state index contributed by atoms with van der Waals surface area (Å²) in [6.45, 7) is 2.57. The Balaban J connectivity index is 1.47. The van der Waals surface area contributed by atoms with Gasteiger partial charge in [-0.3, -0.25) is 0 Å². The minimum absolute atomic E-state index is 0.840.